The molecular weight excluding hydrogens is 260 g/mol. The molecule has 4 heteroatoms. The number of anilines is 1. The van der Waals surface area contributed by atoms with E-state index in [4.69, 9.17) is 17.3 Å². The Hall–Kier alpha value is -2.26. The summed E-state index contributed by atoms with van der Waals surface area (Å²) in [5.41, 5.74) is 8.24. The Morgan fingerprint density at radius 1 is 1.16 bits per heavy atom. The van der Waals surface area contributed by atoms with Crippen LogP contribution in [0.15, 0.2) is 48.7 Å². The number of hydrogen-bond acceptors (Lipinski definition) is 2. The normalized spacial score (nSPS) is 10.8. The summed E-state index contributed by atoms with van der Waals surface area (Å²) in [6, 6.07) is 12.4. The smallest absolute Gasteiger partial charge is 0.195 e. The van der Waals surface area contributed by atoms with E-state index in [0.717, 1.165) is 10.9 Å². The number of nitrogen functional groups attached to an aromatic ring is 1. The third kappa shape index (κ3) is 1.98. The summed E-state index contributed by atoms with van der Waals surface area (Å²) < 4.78 is 0. The van der Waals surface area contributed by atoms with Crippen molar-refractivity contribution in [3.8, 4) is 0 Å². The number of aromatic amines is 1. The first kappa shape index (κ1) is 11.8. The summed E-state index contributed by atoms with van der Waals surface area (Å²) >= 11 is 6.17. The van der Waals surface area contributed by atoms with Crippen molar-refractivity contribution in [1.82, 2.24) is 4.98 Å². The fourth-order valence-electron chi connectivity index (χ4n) is 2.15. The predicted octanol–water partition coefficient (Wildman–Crippen LogP) is 3.63. The van der Waals surface area contributed by atoms with Crippen molar-refractivity contribution in [3.63, 3.8) is 0 Å². The number of hydrogen-bond donors (Lipinski definition) is 2. The van der Waals surface area contributed by atoms with Gasteiger partial charge in [0, 0.05) is 33.9 Å². The standard InChI is InChI=1S/C15H11ClN2O/c16-12-5-2-6-13-14(12)11(8-18-13)15(19)9-3-1-4-10(17)7-9/h1-8,18H,17H2. The minimum Gasteiger partial charge on any atom is -0.399 e. The Labute approximate surface area is 115 Å². The minimum absolute atomic E-state index is 0.0911. The van der Waals surface area contributed by atoms with E-state index in [1.54, 1.807) is 36.5 Å². The second-order valence-corrected chi connectivity index (χ2v) is 4.73. The number of benzene rings is 2. The van der Waals surface area contributed by atoms with Crippen LogP contribution in [0, 0.1) is 0 Å². The Balaban J connectivity index is 2.17. The summed E-state index contributed by atoms with van der Waals surface area (Å²) in [5, 5.41) is 1.31. The largest absolute Gasteiger partial charge is 0.399 e. The molecule has 0 unspecified atom stereocenters. The van der Waals surface area contributed by atoms with Gasteiger partial charge in [0.1, 0.15) is 0 Å². The molecule has 0 atom stereocenters. The van der Waals surface area contributed by atoms with Gasteiger partial charge in [-0.05, 0) is 24.3 Å². The third-order valence-electron chi connectivity index (χ3n) is 3.05. The molecule has 0 bridgehead atoms. The average Bonchev–Trinajstić information content (AvgIpc) is 2.83. The lowest BCUT2D eigenvalue weighted by Gasteiger charge is -2.02. The highest BCUT2D eigenvalue weighted by molar-refractivity contribution is 6.37. The van der Waals surface area contributed by atoms with Gasteiger partial charge in [0.2, 0.25) is 0 Å². The van der Waals surface area contributed by atoms with E-state index in [0.29, 0.717) is 21.8 Å². The summed E-state index contributed by atoms with van der Waals surface area (Å²) in [6.45, 7) is 0. The molecule has 3 N–H and O–H groups in total. The van der Waals surface area contributed by atoms with Crippen molar-refractivity contribution in [3.05, 3.63) is 64.8 Å². The van der Waals surface area contributed by atoms with Gasteiger partial charge in [0.25, 0.3) is 0 Å². The number of halogens is 1. The number of nitrogens with one attached hydrogen (secondary N) is 1. The molecule has 0 radical (unpaired) electrons. The average molecular weight is 271 g/mol. The van der Waals surface area contributed by atoms with Gasteiger partial charge in [0.15, 0.2) is 5.78 Å². The van der Waals surface area contributed by atoms with Gasteiger partial charge >= 0.3 is 0 Å². The number of ketones is 1. The Bertz CT molecular complexity index is 777. The molecule has 0 aliphatic carbocycles. The van der Waals surface area contributed by atoms with Gasteiger partial charge in [0.05, 0.1) is 5.02 Å². The predicted molar refractivity (Wildman–Crippen MR) is 77.6 cm³/mol. The number of carbonyl (C=O) groups excluding carboxylic acids is 1. The van der Waals surface area contributed by atoms with E-state index in [1.165, 1.54) is 0 Å². The fourth-order valence-corrected chi connectivity index (χ4v) is 2.43. The maximum Gasteiger partial charge on any atom is 0.195 e. The molecule has 0 spiro atoms. The molecule has 0 amide bonds. The number of aromatic nitrogens is 1. The van der Waals surface area contributed by atoms with Gasteiger partial charge in [-0.15, -0.1) is 0 Å². The van der Waals surface area contributed by atoms with Crippen LogP contribution in [0.1, 0.15) is 15.9 Å². The summed E-state index contributed by atoms with van der Waals surface area (Å²) in [6.07, 6.45) is 1.68. The van der Waals surface area contributed by atoms with Crippen molar-refractivity contribution >= 4 is 34.0 Å². The molecule has 1 heterocycles. The lowest BCUT2D eigenvalue weighted by atomic mass is 10.0. The molecule has 3 nitrogen and oxygen atoms in total. The SMILES string of the molecule is Nc1cccc(C(=O)c2c[nH]c3cccc(Cl)c23)c1. The number of fused-ring (bicyclic) bond motifs is 1. The van der Waals surface area contributed by atoms with Crippen LogP contribution in [0.2, 0.25) is 5.02 Å². The van der Waals surface area contributed by atoms with Crippen LogP contribution in [0.5, 0.6) is 0 Å². The monoisotopic (exact) mass is 270 g/mol. The highest BCUT2D eigenvalue weighted by atomic mass is 35.5. The highest BCUT2D eigenvalue weighted by Gasteiger charge is 2.16. The highest BCUT2D eigenvalue weighted by Crippen LogP contribution is 2.28. The number of carbonyl (C=O) groups is 1. The van der Waals surface area contributed by atoms with E-state index < -0.39 is 0 Å². The first-order valence-corrected chi connectivity index (χ1v) is 6.20. The van der Waals surface area contributed by atoms with Crippen molar-refractivity contribution < 1.29 is 4.79 Å². The maximum atomic E-state index is 12.5. The molecule has 0 saturated carbocycles. The van der Waals surface area contributed by atoms with Gasteiger partial charge in [-0.3, -0.25) is 4.79 Å². The quantitative estimate of drug-likeness (QED) is 0.552. The number of rotatable bonds is 2. The molecule has 0 aliphatic heterocycles. The second kappa shape index (κ2) is 4.44. The van der Waals surface area contributed by atoms with Crippen LogP contribution in [0.3, 0.4) is 0 Å². The zero-order valence-corrected chi connectivity index (χ0v) is 10.7. The third-order valence-corrected chi connectivity index (χ3v) is 3.36. The Morgan fingerprint density at radius 2 is 1.95 bits per heavy atom. The van der Waals surface area contributed by atoms with Gasteiger partial charge < -0.3 is 10.7 Å². The van der Waals surface area contributed by atoms with Crippen molar-refractivity contribution in [2.24, 2.45) is 0 Å². The van der Waals surface area contributed by atoms with Crippen LogP contribution in [0.25, 0.3) is 10.9 Å². The fraction of sp³-hybridized carbons (Fsp3) is 0. The lowest BCUT2D eigenvalue weighted by molar-refractivity contribution is 0.104. The Morgan fingerprint density at radius 3 is 2.74 bits per heavy atom. The Kier molecular flexibility index (Phi) is 2.76. The number of nitrogens with two attached hydrogens (primary N) is 1. The zero-order chi connectivity index (χ0) is 13.4. The van der Waals surface area contributed by atoms with E-state index in [9.17, 15) is 4.79 Å². The zero-order valence-electron chi connectivity index (χ0n) is 9.98. The summed E-state index contributed by atoms with van der Waals surface area (Å²) in [5.74, 6) is -0.0911. The van der Waals surface area contributed by atoms with Crippen LogP contribution in [0.4, 0.5) is 5.69 Å². The minimum atomic E-state index is -0.0911. The van der Waals surface area contributed by atoms with Crippen molar-refractivity contribution in [1.29, 1.82) is 0 Å². The molecule has 94 valence electrons. The van der Waals surface area contributed by atoms with Crippen molar-refractivity contribution in [2.75, 3.05) is 5.73 Å². The maximum absolute atomic E-state index is 12.5. The molecule has 3 aromatic rings. The first-order valence-electron chi connectivity index (χ1n) is 5.82. The van der Waals surface area contributed by atoms with Crippen LogP contribution >= 0.6 is 11.6 Å². The van der Waals surface area contributed by atoms with E-state index in [2.05, 4.69) is 4.98 Å². The lowest BCUT2D eigenvalue weighted by Crippen LogP contribution is -2.01. The first-order chi connectivity index (χ1) is 9.16. The van der Waals surface area contributed by atoms with Crippen molar-refractivity contribution in [2.45, 2.75) is 0 Å². The van der Waals surface area contributed by atoms with E-state index in [-0.39, 0.29) is 5.78 Å². The van der Waals surface area contributed by atoms with Gasteiger partial charge in [-0.2, -0.15) is 0 Å². The number of H-pyrrole nitrogens is 1. The second-order valence-electron chi connectivity index (χ2n) is 4.32. The van der Waals surface area contributed by atoms with Gasteiger partial charge in [-0.1, -0.05) is 29.8 Å². The molecular formula is C15H11ClN2O. The molecule has 0 saturated heterocycles. The molecule has 0 fully saturated rings. The summed E-state index contributed by atoms with van der Waals surface area (Å²) in [7, 11) is 0. The van der Waals surface area contributed by atoms with Gasteiger partial charge in [-0.25, -0.2) is 0 Å². The molecule has 19 heavy (non-hydrogen) atoms. The van der Waals surface area contributed by atoms with E-state index in [1.807, 2.05) is 12.1 Å². The molecule has 1 aromatic heterocycles. The van der Waals surface area contributed by atoms with E-state index >= 15 is 0 Å². The van der Waals surface area contributed by atoms with Crippen LogP contribution in [-0.4, -0.2) is 10.8 Å². The topological polar surface area (TPSA) is 58.9 Å². The summed E-state index contributed by atoms with van der Waals surface area (Å²) in [4.78, 5) is 15.5. The molecule has 2 aromatic carbocycles. The van der Waals surface area contributed by atoms with Crippen LogP contribution in [-0.2, 0) is 0 Å². The molecule has 3 rings (SSSR count). The molecule has 0 aliphatic rings. The van der Waals surface area contributed by atoms with Crippen LogP contribution < -0.4 is 5.73 Å².